The van der Waals surface area contributed by atoms with E-state index in [1.807, 2.05) is 4.90 Å². The van der Waals surface area contributed by atoms with Gasteiger partial charge in [0.25, 0.3) is 11.7 Å². The first-order valence-electron chi connectivity index (χ1n) is 7.11. The van der Waals surface area contributed by atoms with Gasteiger partial charge in [0.15, 0.2) is 0 Å². The maximum absolute atomic E-state index is 11.3. The molecule has 1 saturated heterocycles. The third kappa shape index (κ3) is 2.47. The quantitative estimate of drug-likeness (QED) is 0.725. The van der Waals surface area contributed by atoms with Crippen LogP contribution in [0.15, 0.2) is 9.32 Å². The molecule has 22 heavy (non-hydrogen) atoms. The van der Waals surface area contributed by atoms with E-state index in [2.05, 4.69) is 15.0 Å². The number of nitrogens with zero attached hydrogens (tertiary/aromatic N) is 6. The lowest BCUT2D eigenvalue weighted by atomic mass is 10.1. The molecule has 118 valence electrons. The van der Waals surface area contributed by atoms with Crippen molar-refractivity contribution in [1.82, 2.24) is 19.5 Å². The second-order valence-electron chi connectivity index (χ2n) is 4.94. The predicted octanol–water partition coefficient (Wildman–Crippen LogP) is -0.763. The fraction of sp³-hybridized carbons (Fsp3) is 0.583. The minimum absolute atomic E-state index is 0.0183. The molecule has 0 saturated carbocycles. The molecule has 3 rings (SSSR count). The lowest BCUT2D eigenvalue weighted by Crippen LogP contribution is -2.43. The lowest BCUT2D eigenvalue weighted by Gasteiger charge is -2.28. The molecule has 0 unspecified atom stereocenters. The van der Waals surface area contributed by atoms with Crippen molar-refractivity contribution in [1.29, 1.82) is 0 Å². The second kappa shape index (κ2) is 5.62. The van der Waals surface area contributed by atoms with Gasteiger partial charge in [0.05, 0.1) is 0 Å². The van der Waals surface area contributed by atoms with Crippen molar-refractivity contribution >= 4 is 23.8 Å². The molecule has 0 N–H and O–H groups in total. The third-order valence-electron chi connectivity index (χ3n) is 3.54. The standard InChI is InChI=1S/C12H16N6O4/c1-2-17(12(20)21)10-14-8(16-6-4-3-5-7-16)13-9-15-11(19)22-18(9)10/h2-7H2,1H3,(H,20,21)/p-1. The van der Waals surface area contributed by atoms with Crippen LogP contribution in [0.5, 0.6) is 0 Å². The minimum atomic E-state index is -1.44. The Morgan fingerprint density at radius 1 is 1.27 bits per heavy atom. The summed E-state index contributed by atoms with van der Waals surface area (Å²) < 4.78 is 5.76. The predicted molar refractivity (Wildman–Crippen MR) is 73.8 cm³/mol. The molecule has 0 spiro atoms. The smallest absolute Gasteiger partial charge is 0.462 e. The van der Waals surface area contributed by atoms with E-state index in [0.29, 0.717) is 5.95 Å². The number of rotatable bonds is 3. The Bertz CT molecular complexity index is 748. The van der Waals surface area contributed by atoms with Crippen molar-refractivity contribution in [3.05, 3.63) is 10.6 Å². The van der Waals surface area contributed by atoms with Crippen molar-refractivity contribution in [3.8, 4) is 0 Å². The van der Waals surface area contributed by atoms with E-state index in [-0.39, 0.29) is 18.3 Å². The van der Waals surface area contributed by atoms with Crippen molar-refractivity contribution < 1.29 is 14.4 Å². The van der Waals surface area contributed by atoms with Gasteiger partial charge < -0.3 is 19.3 Å². The van der Waals surface area contributed by atoms with E-state index in [4.69, 9.17) is 4.52 Å². The Balaban J connectivity index is 2.14. The fourth-order valence-electron chi connectivity index (χ4n) is 2.47. The Labute approximate surface area is 125 Å². The number of fused-ring (bicyclic) bond motifs is 1. The van der Waals surface area contributed by atoms with Gasteiger partial charge >= 0.3 is 5.76 Å². The van der Waals surface area contributed by atoms with Crippen molar-refractivity contribution in [3.63, 3.8) is 0 Å². The highest BCUT2D eigenvalue weighted by molar-refractivity contribution is 5.82. The van der Waals surface area contributed by atoms with Crippen LogP contribution in [-0.2, 0) is 0 Å². The van der Waals surface area contributed by atoms with E-state index in [1.54, 1.807) is 6.92 Å². The van der Waals surface area contributed by atoms with Gasteiger partial charge in [-0.25, -0.2) is 4.79 Å². The monoisotopic (exact) mass is 307 g/mol. The number of carbonyl (C=O) groups excluding carboxylic acids is 1. The largest absolute Gasteiger partial charge is 0.530 e. The van der Waals surface area contributed by atoms with E-state index < -0.39 is 11.8 Å². The summed E-state index contributed by atoms with van der Waals surface area (Å²) in [7, 11) is 0. The van der Waals surface area contributed by atoms with Crippen LogP contribution in [-0.4, -0.2) is 45.3 Å². The van der Waals surface area contributed by atoms with Gasteiger partial charge in [0.2, 0.25) is 5.95 Å². The highest BCUT2D eigenvalue weighted by Gasteiger charge is 2.21. The summed E-state index contributed by atoms with van der Waals surface area (Å²) in [4.78, 5) is 37.5. The summed E-state index contributed by atoms with van der Waals surface area (Å²) in [5, 5.41) is 11.3. The third-order valence-corrected chi connectivity index (χ3v) is 3.54. The normalized spacial score (nSPS) is 15.2. The van der Waals surface area contributed by atoms with E-state index in [9.17, 15) is 14.7 Å². The van der Waals surface area contributed by atoms with Crippen LogP contribution in [0.1, 0.15) is 26.2 Å². The molecule has 2 aromatic heterocycles. The van der Waals surface area contributed by atoms with E-state index >= 15 is 0 Å². The fourth-order valence-corrected chi connectivity index (χ4v) is 2.47. The summed E-state index contributed by atoms with van der Waals surface area (Å²) in [6, 6.07) is 0. The first-order valence-corrected chi connectivity index (χ1v) is 7.11. The summed E-state index contributed by atoms with van der Waals surface area (Å²) in [6.45, 7) is 3.26. The maximum Gasteiger partial charge on any atom is 0.462 e. The van der Waals surface area contributed by atoms with Crippen LogP contribution in [0.3, 0.4) is 0 Å². The first kappa shape index (κ1) is 14.3. The number of piperidine rings is 1. The molecule has 10 nitrogen and oxygen atoms in total. The molecular formula is C12H15N6O4-. The van der Waals surface area contributed by atoms with Crippen LogP contribution in [0.2, 0.25) is 0 Å². The van der Waals surface area contributed by atoms with Gasteiger partial charge in [-0.1, -0.05) is 4.57 Å². The highest BCUT2D eigenvalue weighted by Crippen LogP contribution is 2.20. The number of carboxylic acid groups (broad SMARTS) is 1. The van der Waals surface area contributed by atoms with Crippen molar-refractivity contribution in [2.24, 2.45) is 0 Å². The Morgan fingerprint density at radius 3 is 2.64 bits per heavy atom. The average molecular weight is 307 g/mol. The lowest BCUT2D eigenvalue weighted by molar-refractivity contribution is -0.246. The minimum Gasteiger partial charge on any atom is -0.530 e. The number of amides is 1. The summed E-state index contributed by atoms with van der Waals surface area (Å²) in [5.74, 6) is -0.624. The number of hydrogen-bond donors (Lipinski definition) is 0. The van der Waals surface area contributed by atoms with Crippen LogP contribution in [0.4, 0.5) is 16.7 Å². The topological polar surface area (TPSA) is 120 Å². The molecule has 1 aliphatic rings. The highest BCUT2D eigenvalue weighted by atomic mass is 16.5. The molecule has 0 radical (unpaired) electrons. The van der Waals surface area contributed by atoms with Crippen LogP contribution < -0.4 is 20.7 Å². The van der Waals surface area contributed by atoms with Crippen LogP contribution in [0, 0.1) is 0 Å². The zero-order chi connectivity index (χ0) is 15.7. The Kier molecular flexibility index (Phi) is 3.65. The molecule has 2 aromatic rings. The van der Waals surface area contributed by atoms with E-state index in [0.717, 1.165) is 41.8 Å². The van der Waals surface area contributed by atoms with Crippen molar-refractivity contribution in [2.75, 3.05) is 29.4 Å². The van der Waals surface area contributed by atoms with Gasteiger partial charge in [0, 0.05) is 19.6 Å². The molecule has 1 fully saturated rings. The first-order chi connectivity index (χ1) is 10.6. The van der Waals surface area contributed by atoms with Crippen LogP contribution in [0.25, 0.3) is 5.78 Å². The number of carbonyl (C=O) groups is 1. The molecule has 0 bridgehead atoms. The second-order valence-corrected chi connectivity index (χ2v) is 4.94. The SMILES string of the molecule is CCN(C(=O)[O-])c1nc(N2CCCCC2)nc2nc(=O)on12. The molecule has 1 aliphatic heterocycles. The van der Waals surface area contributed by atoms with Crippen LogP contribution >= 0.6 is 0 Å². The summed E-state index contributed by atoms with van der Waals surface area (Å²) in [5.41, 5.74) is 0. The molecule has 3 heterocycles. The van der Waals surface area contributed by atoms with E-state index in [1.165, 1.54) is 0 Å². The zero-order valence-electron chi connectivity index (χ0n) is 12.1. The molecular weight excluding hydrogens is 292 g/mol. The zero-order valence-corrected chi connectivity index (χ0v) is 12.1. The molecule has 0 aliphatic carbocycles. The van der Waals surface area contributed by atoms with Gasteiger partial charge in [0.1, 0.15) is 6.09 Å². The molecule has 0 aromatic carbocycles. The van der Waals surface area contributed by atoms with Gasteiger partial charge in [-0.15, -0.1) is 4.98 Å². The molecule has 10 heteroatoms. The maximum atomic E-state index is 11.3. The molecule has 0 atom stereocenters. The average Bonchev–Trinajstić information content (AvgIpc) is 2.88. The van der Waals surface area contributed by atoms with Gasteiger partial charge in [-0.05, 0) is 26.2 Å². The van der Waals surface area contributed by atoms with Crippen molar-refractivity contribution in [2.45, 2.75) is 26.2 Å². The summed E-state index contributed by atoms with van der Waals surface area (Å²) >= 11 is 0. The number of anilines is 2. The number of hydrogen-bond acceptors (Lipinski definition) is 8. The van der Waals surface area contributed by atoms with Gasteiger partial charge in [-0.2, -0.15) is 9.97 Å². The molecule has 1 amide bonds. The van der Waals surface area contributed by atoms with Gasteiger partial charge in [-0.3, -0.25) is 4.90 Å². The number of aromatic nitrogens is 4. The Morgan fingerprint density at radius 2 is 2.00 bits per heavy atom. The summed E-state index contributed by atoms with van der Waals surface area (Å²) in [6.07, 6.45) is 1.71. The Hall–Kier alpha value is -2.65.